The molecule has 0 aliphatic carbocycles. The molecule has 1 aromatic carbocycles. The predicted octanol–water partition coefficient (Wildman–Crippen LogP) is 2.55. The van der Waals surface area contributed by atoms with Crippen LogP contribution in [0.3, 0.4) is 0 Å². The number of ketones is 1. The van der Waals surface area contributed by atoms with Gasteiger partial charge >= 0.3 is 0 Å². The average Bonchev–Trinajstić information content (AvgIpc) is 2.26. The Bertz CT molecular complexity index is 416. The third-order valence-corrected chi connectivity index (χ3v) is 3.19. The molecule has 3 heteroatoms. The maximum atomic E-state index is 13.4. The highest BCUT2D eigenvalue weighted by Gasteiger charge is 2.23. The van der Waals surface area contributed by atoms with E-state index in [-0.39, 0.29) is 11.7 Å². The highest BCUT2D eigenvalue weighted by atomic mass is 19.1. The van der Waals surface area contributed by atoms with Crippen molar-refractivity contribution >= 4 is 11.5 Å². The molecule has 1 aliphatic heterocycles. The summed E-state index contributed by atoms with van der Waals surface area (Å²) < 4.78 is 13.4. The summed E-state index contributed by atoms with van der Waals surface area (Å²) in [6, 6.07) is 5.25. The zero-order valence-corrected chi connectivity index (χ0v) is 9.66. The Morgan fingerprint density at radius 3 is 2.81 bits per heavy atom. The Kier molecular flexibility index (Phi) is 2.95. The predicted molar refractivity (Wildman–Crippen MR) is 62.1 cm³/mol. The summed E-state index contributed by atoms with van der Waals surface area (Å²) in [6.07, 6.45) is 0.566. The molecule has 0 amide bonds. The Hall–Kier alpha value is -1.38. The monoisotopic (exact) mass is 221 g/mol. The standard InChI is InChI=1S/C13H16FNO/c1-9-3-4-11(7-12(9)14)15-6-5-13(16)10(2)8-15/h3-4,7,10H,5-6,8H2,1-2H3. The van der Waals surface area contributed by atoms with Gasteiger partial charge in [-0.1, -0.05) is 13.0 Å². The molecule has 86 valence electrons. The molecule has 0 saturated carbocycles. The van der Waals surface area contributed by atoms with Crippen LogP contribution in [-0.4, -0.2) is 18.9 Å². The van der Waals surface area contributed by atoms with Gasteiger partial charge in [-0.2, -0.15) is 0 Å². The fourth-order valence-electron chi connectivity index (χ4n) is 2.03. The van der Waals surface area contributed by atoms with Crippen LogP contribution in [-0.2, 0) is 4.79 Å². The molecule has 1 unspecified atom stereocenters. The number of aryl methyl sites for hydroxylation is 1. The van der Waals surface area contributed by atoms with Crippen molar-refractivity contribution in [3.8, 4) is 0 Å². The molecule has 1 saturated heterocycles. The number of piperidine rings is 1. The van der Waals surface area contributed by atoms with Gasteiger partial charge in [0.2, 0.25) is 0 Å². The molecular formula is C13H16FNO. The van der Waals surface area contributed by atoms with Gasteiger partial charge in [0.1, 0.15) is 11.6 Å². The number of carbonyl (C=O) groups is 1. The smallest absolute Gasteiger partial charge is 0.139 e. The minimum absolute atomic E-state index is 0.0538. The fourth-order valence-corrected chi connectivity index (χ4v) is 2.03. The topological polar surface area (TPSA) is 20.3 Å². The van der Waals surface area contributed by atoms with Crippen LogP contribution >= 0.6 is 0 Å². The Labute approximate surface area is 95.1 Å². The molecule has 1 heterocycles. The SMILES string of the molecule is Cc1ccc(N2CCC(=O)C(C)C2)cc1F. The molecule has 1 fully saturated rings. The molecule has 0 radical (unpaired) electrons. The van der Waals surface area contributed by atoms with E-state index in [1.54, 1.807) is 19.1 Å². The molecule has 0 spiro atoms. The molecule has 0 aromatic heterocycles. The molecule has 16 heavy (non-hydrogen) atoms. The summed E-state index contributed by atoms with van der Waals surface area (Å²) in [6.45, 7) is 5.08. The lowest BCUT2D eigenvalue weighted by Crippen LogP contribution is -2.39. The maximum absolute atomic E-state index is 13.4. The minimum Gasteiger partial charge on any atom is -0.370 e. The van der Waals surface area contributed by atoms with E-state index in [2.05, 4.69) is 4.90 Å². The van der Waals surface area contributed by atoms with Gasteiger partial charge in [0.05, 0.1) is 0 Å². The van der Waals surface area contributed by atoms with Crippen LogP contribution in [0.2, 0.25) is 0 Å². The number of anilines is 1. The molecule has 1 aromatic rings. The lowest BCUT2D eigenvalue weighted by atomic mass is 9.98. The summed E-state index contributed by atoms with van der Waals surface area (Å²) in [5.74, 6) is 0.184. The summed E-state index contributed by atoms with van der Waals surface area (Å²) >= 11 is 0. The van der Waals surface area contributed by atoms with E-state index in [9.17, 15) is 9.18 Å². The summed E-state index contributed by atoms with van der Waals surface area (Å²) in [5, 5.41) is 0. The van der Waals surface area contributed by atoms with Crippen molar-refractivity contribution in [1.82, 2.24) is 0 Å². The highest BCUT2D eigenvalue weighted by Crippen LogP contribution is 2.23. The number of rotatable bonds is 1. The van der Waals surface area contributed by atoms with Crippen molar-refractivity contribution in [2.24, 2.45) is 5.92 Å². The van der Waals surface area contributed by atoms with Gasteiger partial charge < -0.3 is 4.90 Å². The van der Waals surface area contributed by atoms with Gasteiger partial charge in [0.15, 0.2) is 0 Å². The average molecular weight is 221 g/mol. The van der Waals surface area contributed by atoms with E-state index >= 15 is 0 Å². The van der Waals surface area contributed by atoms with Crippen LogP contribution in [0.1, 0.15) is 18.9 Å². The number of halogens is 1. The Morgan fingerprint density at radius 1 is 1.44 bits per heavy atom. The first-order valence-corrected chi connectivity index (χ1v) is 5.62. The van der Waals surface area contributed by atoms with Crippen molar-refractivity contribution in [3.05, 3.63) is 29.6 Å². The molecular weight excluding hydrogens is 205 g/mol. The Balaban J connectivity index is 2.18. The van der Waals surface area contributed by atoms with Crippen molar-refractivity contribution in [2.45, 2.75) is 20.3 Å². The van der Waals surface area contributed by atoms with Crippen molar-refractivity contribution in [3.63, 3.8) is 0 Å². The zero-order valence-electron chi connectivity index (χ0n) is 9.66. The summed E-state index contributed by atoms with van der Waals surface area (Å²) in [4.78, 5) is 13.5. The van der Waals surface area contributed by atoms with E-state index in [4.69, 9.17) is 0 Å². The third kappa shape index (κ3) is 2.08. The zero-order chi connectivity index (χ0) is 11.7. The first-order valence-electron chi connectivity index (χ1n) is 5.62. The molecule has 2 nitrogen and oxygen atoms in total. The lowest BCUT2D eigenvalue weighted by molar-refractivity contribution is -0.122. The van der Waals surface area contributed by atoms with Gasteiger partial charge in [0, 0.05) is 31.1 Å². The summed E-state index contributed by atoms with van der Waals surface area (Å²) in [5.41, 5.74) is 1.53. The second-order valence-electron chi connectivity index (χ2n) is 4.50. The van der Waals surface area contributed by atoms with Crippen LogP contribution in [0.15, 0.2) is 18.2 Å². The van der Waals surface area contributed by atoms with Gasteiger partial charge in [-0.15, -0.1) is 0 Å². The van der Waals surface area contributed by atoms with E-state index in [0.29, 0.717) is 30.9 Å². The third-order valence-electron chi connectivity index (χ3n) is 3.19. The van der Waals surface area contributed by atoms with Gasteiger partial charge in [-0.05, 0) is 24.6 Å². The van der Waals surface area contributed by atoms with Crippen molar-refractivity contribution in [1.29, 1.82) is 0 Å². The number of hydrogen-bond donors (Lipinski definition) is 0. The van der Waals surface area contributed by atoms with Gasteiger partial charge in [0.25, 0.3) is 0 Å². The van der Waals surface area contributed by atoms with Gasteiger partial charge in [-0.25, -0.2) is 4.39 Å². The first-order chi connectivity index (χ1) is 7.58. The van der Waals surface area contributed by atoms with Crippen LogP contribution < -0.4 is 4.90 Å². The number of Topliss-reactive ketones (excluding diaryl/α,β-unsaturated/α-hetero) is 1. The number of hydrogen-bond acceptors (Lipinski definition) is 2. The van der Waals surface area contributed by atoms with Gasteiger partial charge in [-0.3, -0.25) is 4.79 Å². The largest absolute Gasteiger partial charge is 0.370 e. The van der Waals surface area contributed by atoms with E-state index in [1.807, 2.05) is 13.0 Å². The molecule has 2 rings (SSSR count). The van der Waals surface area contributed by atoms with Crippen LogP contribution in [0.5, 0.6) is 0 Å². The van der Waals surface area contributed by atoms with Crippen molar-refractivity contribution in [2.75, 3.05) is 18.0 Å². The number of nitrogens with zero attached hydrogens (tertiary/aromatic N) is 1. The first kappa shape index (κ1) is 11.1. The normalized spacial score (nSPS) is 21.3. The lowest BCUT2D eigenvalue weighted by Gasteiger charge is -2.32. The van der Waals surface area contributed by atoms with Crippen LogP contribution in [0, 0.1) is 18.7 Å². The fraction of sp³-hybridized carbons (Fsp3) is 0.462. The summed E-state index contributed by atoms with van der Waals surface area (Å²) in [7, 11) is 0. The minimum atomic E-state index is -0.179. The number of benzene rings is 1. The number of carbonyl (C=O) groups excluding carboxylic acids is 1. The molecule has 0 bridgehead atoms. The molecule has 0 N–H and O–H groups in total. The van der Waals surface area contributed by atoms with Crippen LogP contribution in [0.25, 0.3) is 0 Å². The van der Waals surface area contributed by atoms with E-state index in [0.717, 1.165) is 5.69 Å². The second-order valence-corrected chi connectivity index (χ2v) is 4.50. The van der Waals surface area contributed by atoms with Crippen molar-refractivity contribution < 1.29 is 9.18 Å². The maximum Gasteiger partial charge on any atom is 0.139 e. The molecule has 1 aliphatic rings. The van der Waals surface area contributed by atoms with E-state index < -0.39 is 0 Å². The van der Waals surface area contributed by atoms with E-state index in [1.165, 1.54) is 0 Å². The van der Waals surface area contributed by atoms with Crippen LogP contribution in [0.4, 0.5) is 10.1 Å². The molecule has 1 atom stereocenters. The quantitative estimate of drug-likeness (QED) is 0.726. The Morgan fingerprint density at radius 2 is 2.19 bits per heavy atom. The second kappa shape index (κ2) is 4.24. The highest BCUT2D eigenvalue weighted by molar-refractivity contribution is 5.83.